The van der Waals surface area contributed by atoms with Gasteiger partial charge in [-0.1, -0.05) is 25.1 Å². The second-order valence-electron chi connectivity index (χ2n) is 3.49. The molecule has 0 aliphatic heterocycles. The van der Waals surface area contributed by atoms with Gasteiger partial charge in [-0.15, -0.1) is 0 Å². The highest BCUT2D eigenvalue weighted by molar-refractivity contribution is 5.42. The van der Waals surface area contributed by atoms with Gasteiger partial charge in [0.1, 0.15) is 5.75 Å². The van der Waals surface area contributed by atoms with E-state index in [1.54, 1.807) is 7.11 Å². The normalized spacial score (nSPS) is 19.7. The van der Waals surface area contributed by atoms with Crippen LogP contribution in [0.4, 0.5) is 0 Å². The Morgan fingerprint density at radius 3 is 3.00 bits per heavy atom. The lowest BCUT2D eigenvalue weighted by molar-refractivity contribution is 0.414. The first-order chi connectivity index (χ1) is 6.31. The summed E-state index contributed by atoms with van der Waals surface area (Å²) in [6.45, 7) is 2.22. The van der Waals surface area contributed by atoms with Crippen molar-refractivity contribution in [3.05, 3.63) is 41.5 Å². The van der Waals surface area contributed by atoms with Gasteiger partial charge in [-0.3, -0.25) is 0 Å². The summed E-state index contributed by atoms with van der Waals surface area (Å²) in [5.74, 6) is 1.51. The fraction of sp³-hybridized carbons (Fsp3) is 0.333. The third-order valence-corrected chi connectivity index (χ3v) is 2.60. The van der Waals surface area contributed by atoms with E-state index in [-0.39, 0.29) is 0 Å². The number of fused-ring (bicyclic) bond motifs is 1. The third-order valence-electron chi connectivity index (χ3n) is 2.60. The van der Waals surface area contributed by atoms with Crippen molar-refractivity contribution in [2.75, 3.05) is 7.11 Å². The van der Waals surface area contributed by atoms with Gasteiger partial charge in [-0.2, -0.15) is 0 Å². The number of hydrogen-bond donors (Lipinski definition) is 0. The molecule has 1 aromatic rings. The molecular weight excluding hydrogens is 160 g/mol. The van der Waals surface area contributed by atoms with Crippen LogP contribution in [0.2, 0.25) is 0 Å². The van der Waals surface area contributed by atoms with E-state index < -0.39 is 0 Å². The second-order valence-corrected chi connectivity index (χ2v) is 3.49. The van der Waals surface area contributed by atoms with E-state index in [0.717, 1.165) is 12.2 Å². The molecule has 0 bridgehead atoms. The summed E-state index contributed by atoms with van der Waals surface area (Å²) in [7, 11) is 1.71. The van der Waals surface area contributed by atoms with Crippen molar-refractivity contribution in [3.63, 3.8) is 0 Å². The number of rotatable bonds is 1. The Bertz CT molecular complexity index is 339. The van der Waals surface area contributed by atoms with Crippen LogP contribution in [0.25, 0.3) is 0 Å². The smallest absolute Gasteiger partial charge is 0.119 e. The van der Waals surface area contributed by atoms with E-state index in [0.29, 0.717) is 5.92 Å². The van der Waals surface area contributed by atoms with E-state index in [4.69, 9.17) is 4.74 Å². The molecular formula is C12H14O. The average Bonchev–Trinajstić information content (AvgIpc) is 2.18. The number of hydrogen-bond acceptors (Lipinski definition) is 1. The van der Waals surface area contributed by atoms with Crippen molar-refractivity contribution in [2.45, 2.75) is 19.3 Å². The second kappa shape index (κ2) is 3.25. The van der Waals surface area contributed by atoms with Gasteiger partial charge in [0.2, 0.25) is 0 Å². The third kappa shape index (κ3) is 1.46. The minimum absolute atomic E-state index is 0.551. The number of allylic oxidation sites excluding steroid dienone is 2. The van der Waals surface area contributed by atoms with Gasteiger partial charge in [0.25, 0.3) is 0 Å². The summed E-state index contributed by atoms with van der Waals surface area (Å²) in [5.41, 5.74) is 2.83. The van der Waals surface area contributed by atoms with Crippen LogP contribution < -0.4 is 4.74 Å². The van der Waals surface area contributed by atoms with Gasteiger partial charge < -0.3 is 4.74 Å². The molecule has 1 aliphatic rings. The van der Waals surface area contributed by atoms with Crippen LogP contribution in [0.15, 0.2) is 30.4 Å². The summed E-state index contributed by atoms with van der Waals surface area (Å²) >= 11 is 0. The van der Waals surface area contributed by atoms with E-state index in [2.05, 4.69) is 31.2 Å². The lowest BCUT2D eigenvalue weighted by Gasteiger charge is -2.17. The zero-order chi connectivity index (χ0) is 9.26. The molecule has 0 radical (unpaired) electrons. The first-order valence-electron chi connectivity index (χ1n) is 4.64. The van der Waals surface area contributed by atoms with Gasteiger partial charge >= 0.3 is 0 Å². The van der Waals surface area contributed by atoms with Crippen molar-refractivity contribution in [2.24, 2.45) is 0 Å². The molecule has 0 fully saturated rings. The quantitative estimate of drug-likeness (QED) is 0.595. The Morgan fingerprint density at radius 2 is 2.23 bits per heavy atom. The van der Waals surface area contributed by atoms with Crippen LogP contribution in [0.5, 0.6) is 5.75 Å². The van der Waals surface area contributed by atoms with Gasteiger partial charge in [0.05, 0.1) is 7.11 Å². The topological polar surface area (TPSA) is 9.23 Å². The maximum Gasteiger partial charge on any atom is 0.119 e. The molecule has 1 heteroatoms. The largest absolute Gasteiger partial charge is 0.497 e. The van der Waals surface area contributed by atoms with Crippen molar-refractivity contribution in [1.82, 2.24) is 0 Å². The maximum atomic E-state index is 5.19. The molecule has 0 saturated carbocycles. The number of benzene rings is 1. The lowest BCUT2D eigenvalue weighted by atomic mass is 9.89. The van der Waals surface area contributed by atoms with Gasteiger partial charge in [-0.25, -0.2) is 0 Å². The van der Waals surface area contributed by atoms with Gasteiger partial charge in [0.15, 0.2) is 0 Å². The predicted molar refractivity (Wildman–Crippen MR) is 54.3 cm³/mol. The highest BCUT2D eigenvalue weighted by atomic mass is 16.5. The standard InChI is InChI=1S/C12H14O/c1-9-4-3-5-10-8-11(13-2)6-7-12(9)10/h3-4,6-9H,5H2,1-2H3/t9-/m0/s1. The summed E-state index contributed by atoms with van der Waals surface area (Å²) in [6.07, 6.45) is 5.53. The number of methoxy groups -OCH3 is 1. The summed E-state index contributed by atoms with van der Waals surface area (Å²) in [5, 5.41) is 0. The van der Waals surface area contributed by atoms with Crippen LogP contribution in [-0.4, -0.2) is 7.11 Å². The highest BCUT2D eigenvalue weighted by Gasteiger charge is 2.11. The van der Waals surface area contributed by atoms with E-state index in [1.807, 2.05) is 6.07 Å². The monoisotopic (exact) mass is 174 g/mol. The lowest BCUT2D eigenvalue weighted by Crippen LogP contribution is -2.01. The molecule has 1 aromatic carbocycles. The van der Waals surface area contributed by atoms with Crippen LogP contribution in [0.1, 0.15) is 24.0 Å². The van der Waals surface area contributed by atoms with Crippen LogP contribution in [-0.2, 0) is 6.42 Å². The molecule has 0 saturated heterocycles. The zero-order valence-corrected chi connectivity index (χ0v) is 8.08. The SMILES string of the molecule is COc1ccc2c(c1)CC=C[C@@H]2C. The predicted octanol–water partition coefficient (Wildman–Crippen LogP) is 2.91. The van der Waals surface area contributed by atoms with Gasteiger partial charge in [0, 0.05) is 0 Å². The van der Waals surface area contributed by atoms with E-state index in [1.165, 1.54) is 11.1 Å². The van der Waals surface area contributed by atoms with Crippen molar-refractivity contribution in [3.8, 4) is 5.75 Å². The summed E-state index contributed by atoms with van der Waals surface area (Å²) in [6, 6.07) is 6.34. The molecule has 68 valence electrons. The van der Waals surface area contributed by atoms with Crippen LogP contribution in [0.3, 0.4) is 0 Å². The first-order valence-corrected chi connectivity index (χ1v) is 4.64. The molecule has 1 nitrogen and oxygen atoms in total. The molecule has 0 amide bonds. The Balaban J connectivity index is 2.43. The molecule has 0 aromatic heterocycles. The molecule has 0 N–H and O–H groups in total. The van der Waals surface area contributed by atoms with Crippen molar-refractivity contribution >= 4 is 0 Å². The Hall–Kier alpha value is -1.24. The van der Waals surface area contributed by atoms with Crippen molar-refractivity contribution in [1.29, 1.82) is 0 Å². The molecule has 0 unspecified atom stereocenters. The number of ether oxygens (including phenoxy) is 1. The minimum Gasteiger partial charge on any atom is -0.497 e. The van der Waals surface area contributed by atoms with E-state index >= 15 is 0 Å². The molecule has 13 heavy (non-hydrogen) atoms. The van der Waals surface area contributed by atoms with Crippen LogP contribution in [0, 0.1) is 0 Å². The molecule has 2 rings (SSSR count). The molecule has 0 spiro atoms. The summed E-state index contributed by atoms with van der Waals surface area (Å²) in [4.78, 5) is 0. The molecule has 1 atom stereocenters. The average molecular weight is 174 g/mol. The first kappa shape index (κ1) is 8.36. The Labute approximate surface area is 79.0 Å². The molecule has 0 heterocycles. The highest BCUT2D eigenvalue weighted by Crippen LogP contribution is 2.29. The van der Waals surface area contributed by atoms with Crippen LogP contribution >= 0.6 is 0 Å². The van der Waals surface area contributed by atoms with Gasteiger partial charge in [-0.05, 0) is 35.6 Å². The fourth-order valence-corrected chi connectivity index (χ4v) is 1.83. The molecule has 1 aliphatic carbocycles. The summed E-state index contributed by atoms with van der Waals surface area (Å²) < 4.78 is 5.19. The minimum atomic E-state index is 0.551. The Morgan fingerprint density at radius 1 is 1.38 bits per heavy atom. The zero-order valence-electron chi connectivity index (χ0n) is 8.08. The fourth-order valence-electron chi connectivity index (χ4n) is 1.83. The Kier molecular flexibility index (Phi) is 2.09. The maximum absolute atomic E-state index is 5.19. The van der Waals surface area contributed by atoms with E-state index in [9.17, 15) is 0 Å². The van der Waals surface area contributed by atoms with Crippen molar-refractivity contribution < 1.29 is 4.74 Å².